The Kier molecular flexibility index (Phi) is 58.1. The van der Waals surface area contributed by atoms with E-state index < -0.39 is 20.0 Å². The fraction of sp³-hybridized carbons (Fsp3) is 0.829. The Labute approximate surface area is 496 Å². The molecule has 468 valence electrons. The number of likely N-dealkylation sites (N-methyl/N-ethyl adjacent to an activating group) is 1. The van der Waals surface area contributed by atoms with Crippen LogP contribution < -0.4 is 5.32 Å². The van der Waals surface area contributed by atoms with E-state index in [-0.39, 0.29) is 25.1 Å². The van der Waals surface area contributed by atoms with Crippen molar-refractivity contribution in [2.45, 2.75) is 335 Å². The highest BCUT2D eigenvalue weighted by molar-refractivity contribution is 7.47. The second kappa shape index (κ2) is 59.9. The minimum absolute atomic E-state index is 0.0385. The van der Waals surface area contributed by atoms with Crippen molar-refractivity contribution in [1.29, 1.82) is 0 Å². The van der Waals surface area contributed by atoms with Crippen LogP contribution in [-0.4, -0.2) is 74.3 Å². The highest BCUT2D eigenvalue weighted by Gasteiger charge is 2.30. The minimum Gasteiger partial charge on any atom is -0.456 e. The van der Waals surface area contributed by atoms with Gasteiger partial charge in [0.05, 0.1) is 33.8 Å². The van der Waals surface area contributed by atoms with Gasteiger partial charge in [-0.2, -0.15) is 0 Å². The fourth-order valence-electron chi connectivity index (χ4n) is 9.88. The van der Waals surface area contributed by atoms with E-state index in [1.165, 1.54) is 205 Å². The molecule has 0 aliphatic heterocycles. The smallest absolute Gasteiger partial charge is 0.456 e. The Morgan fingerprint density at radius 3 is 1.15 bits per heavy atom. The Bertz CT molecular complexity index is 1550. The van der Waals surface area contributed by atoms with Gasteiger partial charge in [-0.25, -0.2) is 4.57 Å². The first-order chi connectivity index (χ1) is 38.9. The summed E-state index contributed by atoms with van der Waals surface area (Å²) in [7, 11) is 1.50. The third-order valence-corrected chi connectivity index (χ3v) is 16.2. The van der Waals surface area contributed by atoms with Gasteiger partial charge in [0.15, 0.2) is 0 Å². The Morgan fingerprint density at radius 1 is 0.438 bits per heavy atom. The SMILES string of the molecule is CCCCC/C=C\C/C=C\CCCCCCCCCCCCCCCCCC(=O)OC(/C=C\CCCCCCCCCCCC)C(COP(=O)(O)OCC[N+](C)(C)C)NC(=O)CCCCCCCCC/C=C\C/C=C\CCCCC. The first-order valence-corrected chi connectivity index (χ1v) is 35.6. The van der Waals surface area contributed by atoms with Crippen LogP contribution in [0.15, 0.2) is 60.8 Å². The first kappa shape index (κ1) is 77.7. The molecule has 0 bridgehead atoms. The topological polar surface area (TPSA) is 111 Å². The van der Waals surface area contributed by atoms with Crippen molar-refractivity contribution in [1.82, 2.24) is 5.32 Å². The number of ether oxygens (including phenoxy) is 1. The lowest BCUT2D eigenvalue weighted by molar-refractivity contribution is -0.870. The quantitative estimate of drug-likeness (QED) is 0.0205. The standard InChI is InChI=1S/C70H131N2O7P/c1-7-10-13-16-19-22-25-28-30-32-33-34-35-36-37-38-39-41-43-45-48-51-54-57-60-63-70(74)79-68(61-58-55-52-49-46-27-24-21-18-15-12-9-3)67(66-78-80(75,76)77-65-64-72(4,5)6)71-69(73)62-59-56-53-50-47-44-42-40-31-29-26-23-20-17-14-11-8-2/h19-20,22-23,28-31,58,61,67-68H,7-18,21,24-27,32-57,59-60,62-66H2,1-6H3,(H-,71,73,75,76)/p+1/b22-19-,23-20-,30-28-,31-29-,61-58-. The molecule has 3 atom stereocenters. The summed E-state index contributed by atoms with van der Waals surface area (Å²) in [4.78, 5) is 37.8. The van der Waals surface area contributed by atoms with Gasteiger partial charge in [0.1, 0.15) is 19.3 Å². The molecule has 0 radical (unpaired) electrons. The molecule has 0 aromatic carbocycles. The van der Waals surface area contributed by atoms with Gasteiger partial charge >= 0.3 is 13.8 Å². The number of nitrogens with one attached hydrogen (secondary N) is 1. The number of rotatable bonds is 62. The van der Waals surface area contributed by atoms with Gasteiger partial charge in [-0.3, -0.25) is 18.6 Å². The van der Waals surface area contributed by atoms with Crippen LogP contribution in [0.1, 0.15) is 323 Å². The van der Waals surface area contributed by atoms with Gasteiger partial charge in [-0.05, 0) is 96.0 Å². The molecule has 80 heavy (non-hydrogen) atoms. The van der Waals surface area contributed by atoms with Crippen LogP contribution in [0.2, 0.25) is 0 Å². The van der Waals surface area contributed by atoms with Gasteiger partial charge in [-0.1, -0.05) is 275 Å². The predicted molar refractivity (Wildman–Crippen MR) is 346 cm³/mol. The lowest BCUT2D eigenvalue weighted by Gasteiger charge is -2.27. The van der Waals surface area contributed by atoms with Crippen LogP contribution in [0.25, 0.3) is 0 Å². The van der Waals surface area contributed by atoms with E-state index in [1.807, 2.05) is 33.3 Å². The highest BCUT2D eigenvalue weighted by atomic mass is 31.2. The molecule has 3 unspecified atom stereocenters. The predicted octanol–water partition coefficient (Wildman–Crippen LogP) is 21.4. The van der Waals surface area contributed by atoms with Crippen LogP contribution >= 0.6 is 7.82 Å². The summed E-state index contributed by atoms with van der Waals surface area (Å²) in [6.45, 7) is 6.99. The fourth-order valence-corrected chi connectivity index (χ4v) is 10.6. The van der Waals surface area contributed by atoms with Crippen molar-refractivity contribution in [3.05, 3.63) is 60.8 Å². The lowest BCUT2D eigenvalue weighted by Crippen LogP contribution is -2.47. The maximum absolute atomic E-state index is 13.6. The molecule has 0 spiro atoms. The number of esters is 1. The van der Waals surface area contributed by atoms with Crippen molar-refractivity contribution < 1.29 is 37.3 Å². The molecule has 0 aromatic heterocycles. The van der Waals surface area contributed by atoms with E-state index in [4.69, 9.17) is 13.8 Å². The number of unbranched alkanes of at least 4 members (excludes halogenated alkanes) is 38. The molecule has 0 heterocycles. The van der Waals surface area contributed by atoms with E-state index in [9.17, 15) is 19.0 Å². The molecule has 2 N–H and O–H groups in total. The maximum Gasteiger partial charge on any atom is 0.472 e. The van der Waals surface area contributed by atoms with E-state index in [0.717, 1.165) is 83.5 Å². The van der Waals surface area contributed by atoms with Crippen molar-refractivity contribution >= 4 is 19.7 Å². The summed E-state index contributed by atoms with van der Waals surface area (Å²) in [5.41, 5.74) is 0. The third kappa shape index (κ3) is 60.3. The molecule has 10 heteroatoms. The monoisotopic (exact) mass is 1140 g/mol. The largest absolute Gasteiger partial charge is 0.472 e. The van der Waals surface area contributed by atoms with E-state index in [0.29, 0.717) is 23.9 Å². The molecule has 9 nitrogen and oxygen atoms in total. The molecular weight excluding hydrogens is 1010 g/mol. The summed E-state index contributed by atoms with van der Waals surface area (Å²) in [6, 6.07) is -0.853. The number of carbonyl (C=O) groups excluding carboxylic acids is 2. The second-order valence-electron chi connectivity index (χ2n) is 24.3. The van der Waals surface area contributed by atoms with Crippen LogP contribution in [0.5, 0.6) is 0 Å². The zero-order chi connectivity index (χ0) is 58.6. The summed E-state index contributed by atoms with van der Waals surface area (Å²) in [5, 5.41) is 3.06. The summed E-state index contributed by atoms with van der Waals surface area (Å²) >= 11 is 0. The zero-order valence-corrected chi connectivity index (χ0v) is 54.5. The molecule has 0 aliphatic carbocycles. The van der Waals surface area contributed by atoms with Crippen LogP contribution in [-0.2, 0) is 27.9 Å². The van der Waals surface area contributed by atoms with E-state index in [1.54, 1.807) is 0 Å². The number of amides is 1. The number of hydrogen-bond donors (Lipinski definition) is 2. The summed E-state index contributed by atoms with van der Waals surface area (Å²) in [5.74, 6) is -0.504. The van der Waals surface area contributed by atoms with Gasteiger partial charge in [-0.15, -0.1) is 0 Å². The van der Waals surface area contributed by atoms with Crippen molar-refractivity contribution in [2.75, 3.05) is 40.9 Å². The number of nitrogens with zero attached hydrogens (tertiary/aromatic N) is 1. The summed E-state index contributed by atoms with van der Waals surface area (Å²) < 4.78 is 30.8. The number of quaternary nitrogens is 1. The van der Waals surface area contributed by atoms with Crippen LogP contribution in [0, 0.1) is 0 Å². The zero-order valence-electron chi connectivity index (χ0n) is 53.6. The summed E-state index contributed by atoms with van der Waals surface area (Å²) in [6.07, 6.45) is 76.5. The molecule has 0 aromatic rings. The molecule has 0 fully saturated rings. The number of carbonyl (C=O) groups is 2. The number of hydrogen-bond acceptors (Lipinski definition) is 6. The average molecular weight is 1140 g/mol. The van der Waals surface area contributed by atoms with E-state index >= 15 is 0 Å². The van der Waals surface area contributed by atoms with Gasteiger partial charge in [0.2, 0.25) is 5.91 Å². The minimum atomic E-state index is -4.45. The van der Waals surface area contributed by atoms with Crippen molar-refractivity contribution in [3.63, 3.8) is 0 Å². The number of allylic oxidation sites excluding steroid dienone is 9. The van der Waals surface area contributed by atoms with Crippen molar-refractivity contribution in [2.24, 2.45) is 0 Å². The van der Waals surface area contributed by atoms with Crippen LogP contribution in [0.4, 0.5) is 0 Å². The molecule has 0 aliphatic rings. The third-order valence-electron chi connectivity index (χ3n) is 15.2. The molecule has 0 rings (SSSR count). The van der Waals surface area contributed by atoms with Gasteiger partial charge in [0, 0.05) is 12.8 Å². The van der Waals surface area contributed by atoms with E-state index in [2.05, 4.69) is 74.7 Å². The van der Waals surface area contributed by atoms with Gasteiger partial charge in [0.25, 0.3) is 0 Å². The molecular formula is C70H132N2O7P+. The highest BCUT2D eigenvalue weighted by Crippen LogP contribution is 2.43. The Hall–Kier alpha value is -2.29. The molecule has 0 saturated heterocycles. The van der Waals surface area contributed by atoms with Gasteiger partial charge < -0.3 is 19.4 Å². The van der Waals surface area contributed by atoms with Crippen molar-refractivity contribution in [3.8, 4) is 0 Å². The number of phosphoric acid groups is 1. The molecule has 0 saturated carbocycles. The van der Waals surface area contributed by atoms with Crippen LogP contribution in [0.3, 0.4) is 0 Å². The number of phosphoric ester groups is 1. The Balaban J connectivity index is 5.08. The first-order valence-electron chi connectivity index (χ1n) is 34.1. The lowest BCUT2D eigenvalue weighted by atomic mass is 10.0. The average Bonchev–Trinajstić information content (AvgIpc) is 3.42. The normalized spacial score (nSPS) is 13.9. The maximum atomic E-state index is 13.6. The molecule has 1 amide bonds. The second-order valence-corrected chi connectivity index (χ2v) is 25.8. The Morgan fingerprint density at radius 2 is 0.762 bits per heavy atom.